The summed E-state index contributed by atoms with van der Waals surface area (Å²) in [5.41, 5.74) is -10.4. The van der Waals surface area contributed by atoms with Crippen molar-refractivity contribution in [1.82, 2.24) is 0 Å². The van der Waals surface area contributed by atoms with Gasteiger partial charge >= 0.3 is 18.5 Å². The Kier molecular flexibility index (Phi) is 3.90. The molecule has 0 aromatic heterocycles. The van der Waals surface area contributed by atoms with Gasteiger partial charge in [0.15, 0.2) is 17.5 Å². The summed E-state index contributed by atoms with van der Waals surface area (Å²) >= 11 is 0. The van der Waals surface area contributed by atoms with E-state index in [0.29, 0.717) is 0 Å². The van der Waals surface area contributed by atoms with Gasteiger partial charge in [0, 0.05) is 0 Å². The Labute approximate surface area is 107 Å². The summed E-state index contributed by atoms with van der Waals surface area (Å²) in [5, 5.41) is 0. The molecule has 21 heavy (non-hydrogen) atoms. The van der Waals surface area contributed by atoms with Gasteiger partial charge in [0.25, 0.3) is 0 Å². The van der Waals surface area contributed by atoms with E-state index >= 15 is 0 Å². The predicted octanol–water partition coefficient (Wildman–Crippen LogP) is 5.16. The van der Waals surface area contributed by atoms with Gasteiger partial charge in [-0.1, -0.05) is 0 Å². The first-order valence-corrected chi connectivity index (χ1v) is 4.52. The molecule has 0 aliphatic carbocycles. The second kappa shape index (κ2) is 4.70. The molecule has 0 saturated carbocycles. The van der Waals surface area contributed by atoms with Crippen LogP contribution in [0.2, 0.25) is 0 Å². The lowest BCUT2D eigenvalue weighted by Crippen LogP contribution is -2.25. The van der Waals surface area contributed by atoms with E-state index in [1.165, 1.54) is 0 Å². The molecule has 0 fully saturated rings. The van der Waals surface area contributed by atoms with Gasteiger partial charge in [-0.2, -0.15) is 39.5 Å². The Morgan fingerprint density at radius 2 is 0.524 bits per heavy atom. The van der Waals surface area contributed by atoms with E-state index in [4.69, 9.17) is 0 Å². The first kappa shape index (κ1) is 17.4. The summed E-state index contributed by atoms with van der Waals surface area (Å²) in [6, 6.07) is 0. The van der Waals surface area contributed by atoms with Gasteiger partial charge in [-0.15, -0.1) is 0 Å². The molecule has 1 rings (SSSR count). The molecule has 120 valence electrons. The van der Waals surface area contributed by atoms with E-state index in [2.05, 4.69) is 0 Å². The van der Waals surface area contributed by atoms with Gasteiger partial charge in [0.05, 0.1) is 0 Å². The molecule has 0 amide bonds. The highest BCUT2D eigenvalue weighted by Crippen LogP contribution is 2.46. The van der Waals surface area contributed by atoms with Gasteiger partial charge in [-0.25, -0.2) is 13.2 Å². The summed E-state index contributed by atoms with van der Waals surface area (Å²) in [5.74, 6) is -10.5. The molecule has 0 unspecified atom stereocenters. The van der Waals surface area contributed by atoms with E-state index < -0.39 is 52.7 Å². The van der Waals surface area contributed by atoms with E-state index in [0.717, 1.165) is 0 Å². The lowest BCUT2D eigenvalue weighted by atomic mass is 10.0. The highest BCUT2D eigenvalue weighted by molar-refractivity contribution is 5.40. The molecule has 0 atom stereocenters. The molecule has 0 N–H and O–H groups in total. The standard InChI is InChI=1S/C9F12/c10-4-1(7(13,14)15)5(11)3(9(19,20)21)6(12)2(4)8(16,17)18. The van der Waals surface area contributed by atoms with E-state index in [1.54, 1.807) is 0 Å². The van der Waals surface area contributed by atoms with Crippen molar-refractivity contribution in [2.45, 2.75) is 18.5 Å². The average Bonchev–Trinajstić information content (AvgIpc) is 2.07. The summed E-state index contributed by atoms with van der Waals surface area (Å²) in [4.78, 5) is 0. The fourth-order valence-corrected chi connectivity index (χ4v) is 1.41. The van der Waals surface area contributed by atoms with Crippen LogP contribution < -0.4 is 0 Å². The number of alkyl halides is 9. The summed E-state index contributed by atoms with van der Waals surface area (Å²) < 4.78 is 149. The maximum atomic E-state index is 13.1. The van der Waals surface area contributed by atoms with Crippen molar-refractivity contribution < 1.29 is 52.7 Å². The van der Waals surface area contributed by atoms with Crippen molar-refractivity contribution >= 4 is 0 Å². The number of benzene rings is 1. The third-order valence-corrected chi connectivity index (χ3v) is 2.17. The minimum atomic E-state index is -6.23. The van der Waals surface area contributed by atoms with Crippen molar-refractivity contribution in [3.05, 3.63) is 34.1 Å². The lowest BCUT2D eigenvalue weighted by Gasteiger charge is -2.19. The number of rotatable bonds is 0. The minimum absolute atomic E-state index is 3.47. The molecule has 0 aliphatic rings. The van der Waals surface area contributed by atoms with E-state index in [-0.39, 0.29) is 0 Å². The maximum absolute atomic E-state index is 13.1. The van der Waals surface area contributed by atoms with Crippen molar-refractivity contribution in [2.75, 3.05) is 0 Å². The Balaban J connectivity index is 4.04. The van der Waals surface area contributed by atoms with Crippen LogP contribution in [0.5, 0.6) is 0 Å². The number of halogens is 12. The topological polar surface area (TPSA) is 0 Å². The van der Waals surface area contributed by atoms with Gasteiger partial charge in [-0.05, 0) is 0 Å². The largest absolute Gasteiger partial charge is 0.422 e. The van der Waals surface area contributed by atoms with Gasteiger partial charge in [0.2, 0.25) is 0 Å². The number of hydrogen-bond donors (Lipinski definition) is 0. The SMILES string of the molecule is Fc1c(C(F)(F)F)c(F)c(C(F)(F)F)c(F)c1C(F)(F)F. The molecule has 0 bridgehead atoms. The Hall–Kier alpha value is -1.62. The molecule has 0 saturated heterocycles. The van der Waals surface area contributed by atoms with Crippen LogP contribution in [0.3, 0.4) is 0 Å². The summed E-state index contributed by atoms with van der Waals surface area (Å²) in [6.45, 7) is 0. The molecular weight excluding hydrogens is 336 g/mol. The third-order valence-electron chi connectivity index (χ3n) is 2.17. The minimum Gasteiger partial charge on any atom is -0.205 e. The molecular formula is C9F12. The second-order valence-corrected chi connectivity index (χ2v) is 3.56. The molecule has 1 aromatic carbocycles. The third kappa shape index (κ3) is 3.02. The molecule has 0 heterocycles. The molecule has 0 spiro atoms. The van der Waals surface area contributed by atoms with Crippen molar-refractivity contribution in [3.8, 4) is 0 Å². The molecule has 0 nitrogen and oxygen atoms in total. The van der Waals surface area contributed by atoms with Crippen molar-refractivity contribution in [1.29, 1.82) is 0 Å². The molecule has 0 aliphatic heterocycles. The quantitative estimate of drug-likeness (QED) is 0.574. The Bertz CT molecular complexity index is 456. The van der Waals surface area contributed by atoms with Gasteiger partial charge in [0.1, 0.15) is 16.7 Å². The van der Waals surface area contributed by atoms with Crippen LogP contribution in [0.25, 0.3) is 0 Å². The van der Waals surface area contributed by atoms with Crippen molar-refractivity contribution in [3.63, 3.8) is 0 Å². The highest BCUT2D eigenvalue weighted by atomic mass is 19.4. The van der Waals surface area contributed by atoms with Gasteiger partial charge in [-0.3, -0.25) is 0 Å². The fourth-order valence-electron chi connectivity index (χ4n) is 1.41. The zero-order valence-corrected chi connectivity index (χ0v) is 9.04. The normalized spacial score (nSPS) is 13.7. The summed E-state index contributed by atoms with van der Waals surface area (Å²) in [7, 11) is 0. The number of hydrogen-bond acceptors (Lipinski definition) is 0. The van der Waals surface area contributed by atoms with Crippen molar-refractivity contribution in [2.24, 2.45) is 0 Å². The van der Waals surface area contributed by atoms with Crippen LogP contribution in [0.15, 0.2) is 0 Å². The molecule has 0 radical (unpaired) electrons. The van der Waals surface area contributed by atoms with Crippen LogP contribution in [0.4, 0.5) is 52.7 Å². The first-order valence-electron chi connectivity index (χ1n) is 4.52. The Morgan fingerprint density at radius 1 is 0.381 bits per heavy atom. The van der Waals surface area contributed by atoms with E-state index in [9.17, 15) is 52.7 Å². The van der Waals surface area contributed by atoms with Crippen LogP contribution in [0.1, 0.15) is 16.7 Å². The second-order valence-electron chi connectivity index (χ2n) is 3.56. The zero-order chi connectivity index (χ0) is 17.0. The highest BCUT2D eigenvalue weighted by Gasteiger charge is 2.52. The first-order chi connectivity index (χ1) is 9.10. The lowest BCUT2D eigenvalue weighted by molar-refractivity contribution is -0.158. The maximum Gasteiger partial charge on any atom is 0.422 e. The van der Waals surface area contributed by atoms with Crippen LogP contribution in [-0.2, 0) is 18.5 Å². The van der Waals surface area contributed by atoms with Crippen LogP contribution in [-0.4, -0.2) is 0 Å². The zero-order valence-electron chi connectivity index (χ0n) is 9.04. The predicted molar refractivity (Wildman–Crippen MR) is 41.3 cm³/mol. The van der Waals surface area contributed by atoms with Crippen LogP contribution >= 0.6 is 0 Å². The van der Waals surface area contributed by atoms with Crippen LogP contribution in [0, 0.1) is 17.5 Å². The Morgan fingerprint density at radius 3 is 0.619 bits per heavy atom. The molecule has 12 heteroatoms. The average molecular weight is 336 g/mol. The van der Waals surface area contributed by atoms with E-state index in [1.807, 2.05) is 0 Å². The van der Waals surface area contributed by atoms with Gasteiger partial charge < -0.3 is 0 Å². The summed E-state index contributed by atoms with van der Waals surface area (Å²) in [6.07, 6.45) is -18.7. The monoisotopic (exact) mass is 336 g/mol. The smallest absolute Gasteiger partial charge is 0.205 e. The fraction of sp³-hybridized carbons (Fsp3) is 0.333. The molecule has 1 aromatic rings.